The lowest BCUT2D eigenvalue weighted by Crippen LogP contribution is -2.14. The smallest absolute Gasteiger partial charge is 0.362 e. The summed E-state index contributed by atoms with van der Waals surface area (Å²) >= 11 is 0. The van der Waals surface area contributed by atoms with Crippen molar-refractivity contribution in [2.75, 3.05) is 0 Å². The number of esters is 1. The van der Waals surface area contributed by atoms with Gasteiger partial charge < -0.3 is 9.47 Å². The third-order valence-corrected chi connectivity index (χ3v) is 4.58. The highest BCUT2D eigenvalue weighted by Gasteiger charge is 2.16. The zero-order valence-electron chi connectivity index (χ0n) is 14.9. The Labute approximate surface area is 158 Å². The number of hydrogen-bond acceptors (Lipinski definition) is 5. The number of carbonyl (C=O) groups excluding carboxylic acids is 1. The molecule has 0 unspecified atom stereocenters. The maximum absolute atomic E-state index is 12.4. The van der Waals surface area contributed by atoms with E-state index in [-0.39, 0.29) is 0 Å². The molecule has 0 radical (unpaired) electrons. The Morgan fingerprint density at radius 1 is 0.889 bits per heavy atom. The summed E-state index contributed by atoms with van der Waals surface area (Å²) in [5.74, 6) is 0.739. The first-order valence-corrected chi connectivity index (χ1v) is 9.11. The molecule has 0 saturated carbocycles. The maximum Gasteiger partial charge on any atom is 0.362 e. The Hall–Kier alpha value is -3.21. The van der Waals surface area contributed by atoms with Crippen molar-refractivity contribution in [3.63, 3.8) is 0 Å². The van der Waals surface area contributed by atoms with Gasteiger partial charge in [0.25, 0.3) is 0 Å². The van der Waals surface area contributed by atoms with Gasteiger partial charge in [0.15, 0.2) is 0 Å². The third kappa shape index (κ3) is 4.31. The number of carbonyl (C=O) groups is 1. The van der Waals surface area contributed by atoms with Crippen LogP contribution in [0.4, 0.5) is 0 Å². The lowest BCUT2D eigenvalue weighted by Gasteiger charge is -2.15. The number of nitrogens with zero attached hydrogens (tertiary/aromatic N) is 2. The van der Waals surface area contributed by atoms with Crippen LogP contribution in [0.3, 0.4) is 0 Å². The van der Waals surface area contributed by atoms with E-state index in [0.29, 0.717) is 23.8 Å². The molecule has 0 atom stereocenters. The second-order valence-corrected chi connectivity index (χ2v) is 6.51. The van der Waals surface area contributed by atoms with Crippen LogP contribution in [-0.4, -0.2) is 15.9 Å². The molecular formula is C22H20N2O3. The third-order valence-electron chi connectivity index (χ3n) is 4.58. The molecule has 1 aliphatic rings. The first-order chi connectivity index (χ1) is 13.3. The second-order valence-electron chi connectivity index (χ2n) is 6.51. The first-order valence-electron chi connectivity index (χ1n) is 9.11. The molecule has 0 aliphatic heterocycles. The highest BCUT2D eigenvalue weighted by Crippen LogP contribution is 2.22. The predicted octanol–water partition coefficient (Wildman–Crippen LogP) is 4.15. The van der Waals surface area contributed by atoms with Gasteiger partial charge in [0, 0.05) is 18.1 Å². The molecule has 0 amide bonds. The number of aryl methyl sites for hydroxylation is 2. The van der Waals surface area contributed by atoms with Gasteiger partial charge in [-0.25, -0.2) is 9.78 Å². The van der Waals surface area contributed by atoms with Gasteiger partial charge in [-0.3, -0.25) is 4.98 Å². The average molecular weight is 360 g/mol. The summed E-state index contributed by atoms with van der Waals surface area (Å²) in [4.78, 5) is 20.8. The Balaban J connectivity index is 1.37. The SMILES string of the molecule is O=C(Oc1ccc(OCc2ccncc2)cc1)c1ccc2c(n1)CCCC2. The van der Waals surface area contributed by atoms with Crippen molar-refractivity contribution < 1.29 is 14.3 Å². The average Bonchev–Trinajstić information content (AvgIpc) is 2.73. The van der Waals surface area contributed by atoms with Crippen LogP contribution in [0.25, 0.3) is 0 Å². The van der Waals surface area contributed by atoms with Crippen LogP contribution in [0.5, 0.6) is 11.5 Å². The summed E-state index contributed by atoms with van der Waals surface area (Å²) in [5, 5.41) is 0. The first kappa shape index (κ1) is 17.2. The second kappa shape index (κ2) is 7.99. The Morgan fingerprint density at radius 2 is 1.63 bits per heavy atom. The van der Waals surface area contributed by atoms with E-state index in [2.05, 4.69) is 9.97 Å². The Bertz CT molecular complexity index is 924. The molecule has 0 bridgehead atoms. The molecule has 5 nitrogen and oxygen atoms in total. The van der Waals surface area contributed by atoms with Crippen molar-refractivity contribution in [3.8, 4) is 11.5 Å². The van der Waals surface area contributed by atoms with Gasteiger partial charge in [-0.15, -0.1) is 0 Å². The standard InChI is InChI=1S/C22H20N2O3/c25-22(21-10-5-17-3-1-2-4-20(17)24-21)27-19-8-6-18(7-9-19)26-15-16-11-13-23-14-12-16/h5-14H,1-4,15H2. The van der Waals surface area contributed by atoms with Crippen molar-refractivity contribution in [1.82, 2.24) is 9.97 Å². The molecule has 0 saturated heterocycles. The fraction of sp³-hybridized carbons (Fsp3) is 0.227. The molecule has 27 heavy (non-hydrogen) atoms. The lowest BCUT2D eigenvalue weighted by atomic mass is 9.96. The summed E-state index contributed by atoms with van der Waals surface area (Å²) in [7, 11) is 0. The molecule has 0 spiro atoms. The molecule has 2 heterocycles. The van der Waals surface area contributed by atoms with Gasteiger partial charge in [0.2, 0.25) is 0 Å². The number of hydrogen-bond donors (Lipinski definition) is 0. The van der Waals surface area contributed by atoms with E-state index in [1.54, 1.807) is 42.7 Å². The van der Waals surface area contributed by atoms with Crippen LogP contribution in [-0.2, 0) is 19.4 Å². The van der Waals surface area contributed by atoms with E-state index in [1.165, 1.54) is 12.0 Å². The number of rotatable bonds is 5. The zero-order chi connectivity index (χ0) is 18.5. The molecular weight excluding hydrogens is 340 g/mol. The van der Waals surface area contributed by atoms with Gasteiger partial charge in [-0.2, -0.15) is 0 Å². The number of benzene rings is 1. The van der Waals surface area contributed by atoms with E-state index < -0.39 is 5.97 Å². The van der Waals surface area contributed by atoms with Gasteiger partial charge in [0.1, 0.15) is 23.8 Å². The van der Waals surface area contributed by atoms with Crippen molar-refractivity contribution in [1.29, 1.82) is 0 Å². The quantitative estimate of drug-likeness (QED) is 0.505. The van der Waals surface area contributed by atoms with Gasteiger partial charge >= 0.3 is 5.97 Å². The highest BCUT2D eigenvalue weighted by molar-refractivity contribution is 5.89. The molecule has 0 N–H and O–H groups in total. The molecule has 5 heteroatoms. The highest BCUT2D eigenvalue weighted by atomic mass is 16.5. The molecule has 136 valence electrons. The minimum absolute atomic E-state index is 0.355. The van der Waals surface area contributed by atoms with E-state index in [1.807, 2.05) is 18.2 Å². The normalized spacial score (nSPS) is 12.9. The van der Waals surface area contributed by atoms with Crippen LogP contribution < -0.4 is 9.47 Å². The number of aromatic nitrogens is 2. The van der Waals surface area contributed by atoms with E-state index in [9.17, 15) is 4.79 Å². The fourth-order valence-electron chi connectivity index (χ4n) is 3.10. The molecule has 1 aromatic carbocycles. The van der Waals surface area contributed by atoms with E-state index in [4.69, 9.17) is 9.47 Å². The van der Waals surface area contributed by atoms with Crippen LogP contribution in [0.1, 0.15) is 40.2 Å². The monoisotopic (exact) mass is 360 g/mol. The fourth-order valence-corrected chi connectivity index (χ4v) is 3.10. The summed E-state index contributed by atoms with van der Waals surface area (Å²) in [6.45, 7) is 0.459. The number of fused-ring (bicyclic) bond motifs is 1. The molecule has 3 aromatic rings. The molecule has 1 aliphatic carbocycles. The number of ether oxygens (including phenoxy) is 2. The zero-order valence-corrected chi connectivity index (χ0v) is 14.9. The van der Waals surface area contributed by atoms with Gasteiger partial charge in [-0.1, -0.05) is 6.07 Å². The Morgan fingerprint density at radius 3 is 2.44 bits per heavy atom. The maximum atomic E-state index is 12.4. The van der Waals surface area contributed by atoms with Gasteiger partial charge in [0.05, 0.1) is 0 Å². The molecule has 4 rings (SSSR count). The minimum atomic E-state index is -0.436. The summed E-state index contributed by atoms with van der Waals surface area (Å²) in [6, 6.07) is 14.6. The molecule has 2 aromatic heterocycles. The van der Waals surface area contributed by atoms with Gasteiger partial charge in [-0.05, 0) is 79.3 Å². The van der Waals surface area contributed by atoms with E-state index in [0.717, 1.165) is 30.5 Å². The van der Waals surface area contributed by atoms with E-state index >= 15 is 0 Å². The van der Waals surface area contributed by atoms with Crippen LogP contribution in [0.2, 0.25) is 0 Å². The summed E-state index contributed by atoms with van der Waals surface area (Å²) < 4.78 is 11.2. The van der Waals surface area contributed by atoms with Crippen molar-refractivity contribution in [2.24, 2.45) is 0 Å². The van der Waals surface area contributed by atoms with Crippen LogP contribution >= 0.6 is 0 Å². The van der Waals surface area contributed by atoms with Crippen molar-refractivity contribution in [2.45, 2.75) is 32.3 Å². The van der Waals surface area contributed by atoms with Crippen molar-refractivity contribution >= 4 is 5.97 Å². The molecule has 0 fully saturated rings. The lowest BCUT2D eigenvalue weighted by molar-refractivity contribution is 0.0728. The van der Waals surface area contributed by atoms with Crippen LogP contribution in [0.15, 0.2) is 60.9 Å². The summed E-state index contributed by atoms with van der Waals surface area (Å²) in [6.07, 6.45) is 7.75. The minimum Gasteiger partial charge on any atom is -0.489 e. The van der Waals surface area contributed by atoms with Crippen molar-refractivity contribution in [3.05, 3.63) is 83.4 Å². The summed E-state index contributed by atoms with van der Waals surface area (Å²) in [5.41, 5.74) is 3.66. The van der Waals surface area contributed by atoms with Crippen LogP contribution in [0, 0.1) is 0 Å². The predicted molar refractivity (Wildman–Crippen MR) is 101 cm³/mol. The largest absolute Gasteiger partial charge is 0.489 e. The number of pyridine rings is 2. The Kier molecular flexibility index (Phi) is 5.10. The topological polar surface area (TPSA) is 61.3 Å².